The first kappa shape index (κ1) is 23.4. The van der Waals surface area contributed by atoms with E-state index in [0.717, 1.165) is 36.8 Å². The normalized spacial score (nSPS) is 13.9. The Morgan fingerprint density at radius 3 is 2.50 bits per heavy atom. The lowest BCUT2D eigenvalue weighted by Crippen LogP contribution is -2.45. The maximum Gasteiger partial charge on any atom is 0.240 e. The molecule has 7 nitrogen and oxygen atoms in total. The van der Waals surface area contributed by atoms with Gasteiger partial charge < -0.3 is 15.5 Å². The van der Waals surface area contributed by atoms with Gasteiger partial charge in [-0.05, 0) is 56.0 Å². The zero-order valence-corrected chi connectivity index (χ0v) is 18.9. The van der Waals surface area contributed by atoms with E-state index in [4.69, 9.17) is 0 Å². The number of anilines is 2. The van der Waals surface area contributed by atoms with E-state index < -0.39 is 0 Å². The van der Waals surface area contributed by atoms with Crippen LogP contribution in [0.5, 0.6) is 0 Å². The lowest BCUT2D eigenvalue weighted by atomic mass is 9.95. The summed E-state index contributed by atoms with van der Waals surface area (Å²) in [5.74, 6) is -0.259. The Bertz CT molecular complexity index is 939. The molecule has 3 rings (SSSR count). The van der Waals surface area contributed by atoms with Crippen LogP contribution < -0.4 is 15.5 Å². The van der Waals surface area contributed by atoms with E-state index >= 15 is 0 Å². The molecule has 0 aliphatic heterocycles. The van der Waals surface area contributed by atoms with Gasteiger partial charge in [-0.25, -0.2) is 4.98 Å². The van der Waals surface area contributed by atoms with Crippen molar-refractivity contribution in [3.63, 3.8) is 0 Å². The number of nitrogens with one attached hydrogen (secondary N) is 2. The number of benzene rings is 1. The van der Waals surface area contributed by atoms with Gasteiger partial charge in [-0.3, -0.25) is 14.4 Å². The summed E-state index contributed by atoms with van der Waals surface area (Å²) in [6.45, 7) is 3.82. The highest BCUT2D eigenvalue weighted by Gasteiger charge is 2.23. The Balaban J connectivity index is 1.66. The first-order valence-corrected chi connectivity index (χ1v) is 11.3. The van der Waals surface area contributed by atoms with Crippen LogP contribution in [-0.2, 0) is 14.4 Å². The van der Waals surface area contributed by atoms with E-state index in [-0.39, 0.29) is 43.1 Å². The third-order valence-corrected chi connectivity index (χ3v) is 5.73. The molecule has 1 saturated carbocycles. The molecule has 0 unspecified atom stereocenters. The largest absolute Gasteiger partial charge is 0.352 e. The Labute approximate surface area is 189 Å². The molecule has 0 saturated heterocycles. The predicted octanol–water partition coefficient (Wildman–Crippen LogP) is 3.90. The second-order valence-electron chi connectivity index (χ2n) is 8.44. The zero-order valence-electron chi connectivity index (χ0n) is 18.9. The minimum Gasteiger partial charge on any atom is -0.352 e. The summed E-state index contributed by atoms with van der Waals surface area (Å²) in [4.78, 5) is 43.8. The number of hydrogen-bond donors (Lipinski definition) is 2. The summed E-state index contributed by atoms with van der Waals surface area (Å²) >= 11 is 0. The van der Waals surface area contributed by atoms with Gasteiger partial charge in [0.1, 0.15) is 12.4 Å². The molecule has 0 spiro atoms. The number of aromatic nitrogens is 1. The van der Waals surface area contributed by atoms with Crippen LogP contribution in [0.15, 0.2) is 42.6 Å². The summed E-state index contributed by atoms with van der Waals surface area (Å²) in [5, 5.41) is 5.78. The molecule has 2 N–H and O–H groups in total. The number of carbonyl (C=O) groups is 3. The first-order valence-electron chi connectivity index (χ1n) is 11.3. The smallest absolute Gasteiger partial charge is 0.240 e. The summed E-state index contributed by atoms with van der Waals surface area (Å²) in [7, 11) is 0. The van der Waals surface area contributed by atoms with Crippen molar-refractivity contribution in [1.29, 1.82) is 0 Å². The van der Waals surface area contributed by atoms with E-state index in [0.29, 0.717) is 11.5 Å². The lowest BCUT2D eigenvalue weighted by Gasteiger charge is -2.27. The van der Waals surface area contributed by atoms with Gasteiger partial charge in [-0.1, -0.05) is 37.5 Å². The molecule has 1 aromatic carbocycles. The number of rotatable bonds is 8. The molecule has 170 valence electrons. The van der Waals surface area contributed by atoms with Gasteiger partial charge in [0, 0.05) is 30.8 Å². The van der Waals surface area contributed by atoms with E-state index in [9.17, 15) is 14.4 Å². The standard InChI is InChI=1S/C25H32N4O3/c1-18-11-12-19(2)21(16-18)29(17-24(31)27-20-8-4-3-5-9-20)25(32)14-13-23(30)28-22-10-6-7-15-26-22/h6-7,10-12,15-16,20H,3-5,8-9,13-14,17H2,1-2H3,(H,27,31)(H,26,28,30). The molecule has 1 heterocycles. The molecule has 3 amide bonds. The first-order chi connectivity index (χ1) is 15.4. The SMILES string of the molecule is Cc1ccc(C)c(N(CC(=O)NC2CCCCC2)C(=O)CCC(=O)Nc2ccccn2)c1. The monoisotopic (exact) mass is 436 g/mol. The highest BCUT2D eigenvalue weighted by molar-refractivity contribution is 6.01. The molecular weight excluding hydrogens is 404 g/mol. The van der Waals surface area contributed by atoms with Gasteiger partial charge in [0.05, 0.1) is 0 Å². The topological polar surface area (TPSA) is 91.4 Å². The molecule has 32 heavy (non-hydrogen) atoms. The predicted molar refractivity (Wildman–Crippen MR) is 125 cm³/mol. The number of carbonyl (C=O) groups excluding carboxylic acids is 3. The van der Waals surface area contributed by atoms with Gasteiger partial charge >= 0.3 is 0 Å². The molecule has 0 bridgehead atoms. The zero-order chi connectivity index (χ0) is 22.9. The Kier molecular flexibility index (Phi) is 8.36. The van der Waals surface area contributed by atoms with Crippen molar-refractivity contribution in [2.75, 3.05) is 16.8 Å². The summed E-state index contributed by atoms with van der Waals surface area (Å²) in [6.07, 6.45) is 7.03. The molecule has 0 radical (unpaired) electrons. The number of aryl methyl sites for hydroxylation is 2. The van der Waals surface area contributed by atoms with E-state index in [1.807, 2.05) is 32.0 Å². The fourth-order valence-electron chi connectivity index (χ4n) is 3.98. The average molecular weight is 437 g/mol. The second kappa shape index (κ2) is 11.4. The third-order valence-electron chi connectivity index (χ3n) is 5.73. The fourth-order valence-corrected chi connectivity index (χ4v) is 3.98. The highest BCUT2D eigenvalue weighted by Crippen LogP contribution is 2.23. The number of pyridine rings is 1. The second-order valence-corrected chi connectivity index (χ2v) is 8.44. The molecule has 1 aliphatic rings. The molecule has 0 atom stereocenters. The maximum absolute atomic E-state index is 13.1. The van der Waals surface area contributed by atoms with Gasteiger partial charge in [0.25, 0.3) is 0 Å². The van der Waals surface area contributed by atoms with Crippen molar-refractivity contribution in [3.05, 3.63) is 53.7 Å². The van der Waals surface area contributed by atoms with Crippen LogP contribution in [0, 0.1) is 13.8 Å². The van der Waals surface area contributed by atoms with Gasteiger partial charge in [-0.2, -0.15) is 0 Å². The number of hydrogen-bond acceptors (Lipinski definition) is 4. The Hall–Kier alpha value is -3.22. The molecule has 1 aliphatic carbocycles. The van der Waals surface area contributed by atoms with Crippen molar-refractivity contribution < 1.29 is 14.4 Å². The van der Waals surface area contributed by atoms with Crippen LogP contribution in [0.25, 0.3) is 0 Å². The molecular formula is C25H32N4O3. The van der Waals surface area contributed by atoms with Crippen molar-refractivity contribution in [2.45, 2.75) is 64.8 Å². The number of amides is 3. The molecule has 2 aromatic rings. The van der Waals surface area contributed by atoms with Crippen LogP contribution in [0.2, 0.25) is 0 Å². The van der Waals surface area contributed by atoms with E-state index in [2.05, 4.69) is 15.6 Å². The lowest BCUT2D eigenvalue weighted by molar-refractivity contribution is -0.125. The van der Waals surface area contributed by atoms with Crippen molar-refractivity contribution in [3.8, 4) is 0 Å². The van der Waals surface area contributed by atoms with E-state index in [1.165, 1.54) is 11.3 Å². The Morgan fingerprint density at radius 1 is 1.00 bits per heavy atom. The average Bonchev–Trinajstić information content (AvgIpc) is 2.79. The van der Waals surface area contributed by atoms with Gasteiger partial charge in [0.2, 0.25) is 17.7 Å². The van der Waals surface area contributed by atoms with Crippen LogP contribution in [0.4, 0.5) is 11.5 Å². The Morgan fingerprint density at radius 2 is 1.78 bits per heavy atom. The molecule has 1 fully saturated rings. The highest BCUT2D eigenvalue weighted by atomic mass is 16.2. The molecule has 7 heteroatoms. The number of nitrogens with zero attached hydrogens (tertiary/aromatic N) is 2. The van der Waals surface area contributed by atoms with Crippen LogP contribution in [-0.4, -0.2) is 35.3 Å². The fraction of sp³-hybridized carbons (Fsp3) is 0.440. The minimum absolute atomic E-state index is 0.00274. The van der Waals surface area contributed by atoms with Crippen molar-refractivity contribution in [2.24, 2.45) is 0 Å². The van der Waals surface area contributed by atoms with Crippen LogP contribution in [0.1, 0.15) is 56.1 Å². The summed E-state index contributed by atoms with van der Waals surface area (Å²) in [6, 6.07) is 11.2. The van der Waals surface area contributed by atoms with Crippen LogP contribution >= 0.6 is 0 Å². The molecule has 1 aromatic heterocycles. The summed E-state index contributed by atoms with van der Waals surface area (Å²) < 4.78 is 0. The minimum atomic E-state index is -0.287. The third kappa shape index (κ3) is 6.90. The van der Waals surface area contributed by atoms with Crippen molar-refractivity contribution >= 4 is 29.2 Å². The van der Waals surface area contributed by atoms with Gasteiger partial charge in [0.15, 0.2) is 0 Å². The quantitative estimate of drug-likeness (QED) is 0.657. The van der Waals surface area contributed by atoms with Crippen molar-refractivity contribution in [1.82, 2.24) is 10.3 Å². The van der Waals surface area contributed by atoms with Crippen LogP contribution in [0.3, 0.4) is 0 Å². The maximum atomic E-state index is 13.1. The van der Waals surface area contributed by atoms with Gasteiger partial charge in [-0.15, -0.1) is 0 Å². The summed E-state index contributed by atoms with van der Waals surface area (Å²) in [5.41, 5.74) is 2.62. The van der Waals surface area contributed by atoms with E-state index in [1.54, 1.807) is 24.4 Å².